The first-order chi connectivity index (χ1) is 6.40. The van der Waals surface area contributed by atoms with Gasteiger partial charge in [0.25, 0.3) is 0 Å². The van der Waals surface area contributed by atoms with Gasteiger partial charge in [0.1, 0.15) is 5.01 Å². The molecule has 0 aliphatic carbocycles. The molecule has 2 rings (SSSR count). The van der Waals surface area contributed by atoms with Crippen LogP contribution in [0.1, 0.15) is 5.01 Å². The molecule has 0 aliphatic heterocycles. The van der Waals surface area contributed by atoms with Crippen molar-refractivity contribution >= 4 is 40.3 Å². The molecule has 2 aromatic rings. The molecule has 0 saturated heterocycles. The van der Waals surface area contributed by atoms with Gasteiger partial charge in [0.2, 0.25) is 0 Å². The largest absolute Gasteiger partial charge is 0.237 e. The lowest BCUT2D eigenvalue weighted by Crippen LogP contribution is -1.65. The summed E-state index contributed by atoms with van der Waals surface area (Å²) in [6.07, 6.45) is 3.48. The minimum absolute atomic E-state index is 0.992. The number of nitrogens with zero attached hydrogens (tertiary/aromatic N) is 1. The Balaban J connectivity index is 0.000000396. The number of para-hydroxylation sites is 1. The van der Waals surface area contributed by atoms with E-state index in [0.29, 0.717) is 0 Å². The van der Waals surface area contributed by atoms with Crippen LogP contribution in [0.15, 0.2) is 30.8 Å². The Morgan fingerprint density at radius 3 is 2.69 bits per heavy atom. The third-order valence-electron chi connectivity index (χ3n) is 1.49. The van der Waals surface area contributed by atoms with E-state index >= 15 is 0 Å². The molecule has 0 atom stereocenters. The van der Waals surface area contributed by atoms with Crippen LogP contribution in [0.25, 0.3) is 16.3 Å². The fraction of sp³-hybridized carbons (Fsp3) is 0.100. The van der Waals surface area contributed by atoms with Gasteiger partial charge in [-0.2, -0.15) is 12.6 Å². The molecule has 0 bridgehead atoms. The number of benzene rings is 1. The third-order valence-corrected chi connectivity index (χ3v) is 2.52. The number of thiol groups is 1. The molecule has 1 aromatic carbocycles. The predicted octanol–water partition coefficient (Wildman–Crippen LogP) is 3.49. The maximum absolute atomic E-state index is 4.33. The van der Waals surface area contributed by atoms with Crippen molar-refractivity contribution in [3.63, 3.8) is 0 Å². The van der Waals surface area contributed by atoms with E-state index in [2.05, 4.69) is 30.3 Å². The lowest BCUT2D eigenvalue weighted by Gasteiger charge is -1.80. The number of hydrogen-bond acceptors (Lipinski definition) is 3. The maximum atomic E-state index is 4.33. The first-order valence-electron chi connectivity index (χ1n) is 3.83. The molecule has 0 fully saturated rings. The van der Waals surface area contributed by atoms with E-state index in [1.165, 1.54) is 4.70 Å². The second-order valence-corrected chi connectivity index (χ2v) is 3.29. The molecular weight excluding hydrogens is 198 g/mol. The van der Waals surface area contributed by atoms with Crippen LogP contribution in [0.3, 0.4) is 0 Å². The molecule has 0 N–H and O–H groups in total. The summed E-state index contributed by atoms with van der Waals surface area (Å²) in [4.78, 5) is 4.33. The van der Waals surface area contributed by atoms with Gasteiger partial charge < -0.3 is 0 Å². The van der Waals surface area contributed by atoms with Gasteiger partial charge in [-0.05, 0) is 24.5 Å². The minimum Gasteiger partial charge on any atom is -0.237 e. The Kier molecular flexibility index (Phi) is 3.99. The Hall–Kier alpha value is -0.800. The quantitative estimate of drug-likeness (QED) is 0.709. The number of hydrogen-bond donors (Lipinski definition) is 1. The van der Waals surface area contributed by atoms with Gasteiger partial charge in [-0.3, -0.25) is 0 Å². The lowest BCUT2D eigenvalue weighted by atomic mass is 10.3. The highest BCUT2D eigenvalue weighted by atomic mass is 32.1. The van der Waals surface area contributed by atoms with E-state index in [9.17, 15) is 0 Å². The number of rotatable bonds is 1. The number of aromatic nitrogens is 1. The molecular formula is C10H11NS2. The van der Waals surface area contributed by atoms with Crippen LogP contribution in [-0.4, -0.2) is 11.2 Å². The van der Waals surface area contributed by atoms with Gasteiger partial charge in [0, 0.05) is 0 Å². The van der Waals surface area contributed by atoms with Crippen molar-refractivity contribution in [2.45, 2.75) is 0 Å². The second-order valence-electron chi connectivity index (χ2n) is 2.22. The van der Waals surface area contributed by atoms with Crippen LogP contribution in [0, 0.1) is 0 Å². The zero-order valence-corrected chi connectivity index (χ0v) is 9.11. The summed E-state index contributed by atoms with van der Waals surface area (Å²) in [5.41, 5.74) is 1.06. The number of thiazole rings is 1. The van der Waals surface area contributed by atoms with Gasteiger partial charge in [0.05, 0.1) is 10.2 Å². The van der Waals surface area contributed by atoms with Gasteiger partial charge >= 0.3 is 0 Å². The van der Waals surface area contributed by atoms with E-state index < -0.39 is 0 Å². The molecule has 3 heteroatoms. The van der Waals surface area contributed by atoms with Crippen LogP contribution < -0.4 is 0 Å². The average molecular weight is 209 g/mol. The fourth-order valence-electron chi connectivity index (χ4n) is 0.977. The zero-order valence-electron chi connectivity index (χ0n) is 7.40. The molecule has 13 heavy (non-hydrogen) atoms. The second kappa shape index (κ2) is 5.04. The molecule has 0 unspecified atom stereocenters. The molecule has 1 nitrogen and oxygen atoms in total. The smallest absolute Gasteiger partial charge is 0.116 e. The van der Waals surface area contributed by atoms with E-state index in [4.69, 9.17) is 0 Å². The van der Waals surface area contributed by atoms with E-state index in [0.717, 1.165) is 10.5 Å². The number of fused-ring (bicyclic) bond motifs is 1. The van der Waals surface area contributed by atoms with Gasteiger partial charge in [0.15, 0.2) is 0 Å². The van der Waals surface area contributed by atoms with Crippen LogP contribution >= 0.6 is 24.0 Å². The Morgan fingerprint density at radius 2 is 2.08 bits per heavy atom. The summed E-state index contributed by atoms with van der Waals surface area (Å²) in [5.74, 6) is 0. The SMILES string of the molecule is C=Cc1nc2ccccc2s1.CS. The molecule has 0 radical (unpaired) electrons. The molecule has 1 heterocycles. The standard InChI is InChI=1S/C9H7NS.CH4S/c1-2-9-10-7-5-3-4-6-8(7)11-9;1-2/h2-6H,1H2;2H,1H3. The zero-order chi connectivity index (χ0) is 9.68. The first-order valence-corrected chi connectivity index (χ1v) is 5.54. The van der Waals surface area contributed by atoms with Crippen molar-refractivity contribution in [1.82, 2.24) is 4.98 Å². The van der Waals surface area contributed by atoms with Crippen molar-refractivity contribution in [3.05, 3.63) is 35.9 Å². The predicted molar refractivity (Wildman–Crippen MR) is 64.6 cm³/mol. The summed E-state index contributed by atoms with van der Waals surface area (Å²) in [5, 5.41) is 0.992. The van der Waals surface area contributed by atoms with Crippen LogP contribution in [-0.2, 0) is 0 Å². The summed E-state index contributed by atoms with van der Waals surface area (Å²) in [6, 6.07) is 8.10. The lowest BCUT2D eigenvalue weighted by molar-refractivity contribution is 1.46. The summed E-state index contributed by atoms with van der Waals surface area (Å²) in [6.45, 7) is 3.67. The summed E-state index contributed by atoms with van der Waals surface area (Å²) < 4.78 is 1.22. The van der Waals surface area contributed by atoms with E-state index in [1.54, 1.807) is 23.7 Å². The Morgan fingerprint density at radius 1 is 1.38 bits per heavy atom. The van der Waals surface area contributed by atoms with Crippen molar-refractivity contribution in [3.8, 4) is 0 Å². The van der Waals surface area contributed by atoms with Crippen molar-refractivity contribution in [2.75, 3.05) is 6.26 Å². The first kappa shape index (κ1) is 10.3. The molecule has 68 valence electrons. The van der Waals surface area contributed by atoms with Crippen molar-refractivity contribution < 1.29 is 0 Å². The topological polar surface area (TPSA) is 12.9 Å². The van der Waals surface area contributed by atoms with E-state index in [1.807, 2.05) is 18.2 Å². The van der Waals surface area contributed by atoms with Gasteiger partial charge in [-0.1, -0.05) is 18.7 Å². The van der Waals surface area contributed by atoms with Gasteiger partial charge in [-0.15, -0.1) is 11.3 Å². The highest BCUT2D eigenvalue weighted by Crippen LogP contribution is 2.21. The molecule has 0 amide bonds. The molecule has 0 saturated carbocycles. The highest BCUT2D eigenvalue weighted by molar-refractivity contribution is 7.79. The van der Waals surface area contributed by atoms with Crippen LogP contribution in [0.4, 0.5) is 0 Å². The van der Waals surface area contributed by atoms with Crippen LogP contribution in [0.2, 0.25) is 0 Å². The molecule has 1 aromatic heterocycles. The molecule has 0 aliphatic rings. The summed E-state index contributed by atoms with van der Waals surface area (Å²) in [7, 11) is 0. The highest BCUT2D eigenvalue weighted by Gasteiger charge is 1.97. The average Bonchev–Trinajstić information content (AvgIpc) is 2.63. The third kappa shape index (κ3) is 2.32. The fourth-order valence-corrected chi connectivity index (χ4v) is 1.79. The van der Waals surface area contributed by atoms with Crippen molar-refractivity contribution in [1.29, 1.82) is 0 Å². The Labute approximate surface area is 87.5 Å². The Bertz CT molecular complexity index is 359. The van der Waals surface area contributed by atoms with Crippen molar-refractivity contribution in [2.24, 2.45) is 0 Å². The molecule has 0 spiro atoms. The minimum atomic E-state index is 0.992. The van der Waals surface area contributed by atoms with Gasteiger partial charge in [-0.25, -0.2) is 4.98 Å². The maximum Gasteiger partial charge on any atom is 0.116 e. The summed E-state index contributed by atoms with van der Waals surface area (Å²) >= 11 is 5.20. The van der Waals surface area contributed by atoms with E-state index in [-0.39, 0.29) is 0 Å². The monoisotopic (exact) mass is 209 g/mol. The normalized spacial score (nSPS) is 9.08. The van der Waals surface area contributed by atoms with Crippen LogP contribution in [0.5, 0.6) is 0 Å².